The number of carbonyl (C=O) groups excluding carboxylic acids is 1. The van der Waals surface area contributed by atoms with E-state index < -0.39 is 0 Å². The maximum atomic E-state index is 12.4. The third kappa shape index (κ3) is 6.05. The predicted octanol–water partition coefficient (Wildman–Crippen LogP) is 4.33. The molecular formula is C20H26ClN3O. The Morgan fingerprint density at radius 1 is 1.16 bits per heavy atom. The molecule has 4 nitrogen and oxygen atoms in total. The van der Waals surface area contributed by atoms with Gasteiger partial charge in [-0.25, -0.2) is 0 Å². The van der Waals surface area contributed by atoms with Gasteiger partial charge in [0.25, 0.3) is 5.91 Å². The highest BCUT2D eigenvalue weighted by molar-refractivity contribution is 6.30. The monoisotopic (exact) mass is 359 g/mol. The van der Waals surface area contributed by atoms with Crippen LogP contribution in [0.25, 0.3) is 0 Å². The molecule has 0 spiro atoms. The van der Waals surface area contributed by atoms with Crippen LogP contribution in [0.5, 0.6) is 0 Å². The molecule has 1 N–H and O–H groups in total. The second kappa shape index (κ2) is 10.0. The maximum Gasteiger partial charge on any atom is 0.252 e. The van der Waals surface area contributed by atoms with Gasteiger partial charge in [0.2, 0.25) is 0 Å². The minimum absolute atomic E-state index is 0.0932. The fourth-order valence-corrected chi connectivity index (χ4v) is 2.96. The zero-order chi connectivity index (χ0) is 18.1. The van der Waals surface area contributed by atoms with Crippen LogP contribution in [0.2, 0.25) is 5.02 Å². The van der Waals surface area contributed by atoms with Crippen molar-refractivity contribution in [2.45, 2.75) is 33.1 Å². The Balaban J connectivity index is 1.95. The zero-order valence-electron chi connectivity index (χ0n) is 15.0. The van der Waals surface area contributed by atoms with E-state index in [2.05, 4.69) is 29.0 Å². The van der Waals surface area contributed by atoms with Gasteiger partial charge < -0.3 is 10.2 Å². The first kappa shape index (κ1) is 19.3. The number of hydrogen-bond acceptors (Lipinski definition) is 3. The maximum absolute atomic E-state index is 12.4. The quantitative estimate of drug-likeness (QED) is 0.724. The van der Waals surface area contributed by atoms with Gasteiger partial charge in [-0.2, -0.15) is 0 Å². The van der Waals surface area contributed by atoms with E-state index in [1.54, 1.807) is 6.20 Å². The molecule has 0 aliphatic carbocycles. The molecule has 0 saturated heterocycles. The topological polar surface area (TPSA) is 45.2 Å². The summed E-state index contributed by atoms with van der Waals surface area (Å²) in [6.07, 6.45) is 6.33. The summed E-state index contributed by atoms with van der Waals surface area (Å²) < 4.78 is 0. The van der Waals surface area contributed by atoms with E-state index in [0.29, 0.717) is 17.1 Å². The van der Waals surface area contributed by atoms with Gasteiger partial charge in [-0.15, -0.1) is 0 Å². The lowest BCUT2D eigenvalue weighted by atomic mass is 10.1. The number of hydrogen-bond donors (Lipinski definition) is 1. The van der Waals surface area contributed by atoms with E-state index in [4.69, 9.17) is 11.6 Å². The van der Waals surface area contributed by atoms with E-state index in [9.17, 15) is 4.79 Å². The summed E-state index contributed by atoms with van der Waals surface area (Å²) in [6, 6.07) is 9.62. The van der Waals surface area contributed by atoms with Gasteiger partial charge in [-0.05, 0) is 43.0 Å². The van der Waals surface area contributed by atoms with Gasteiger partial charge in [0.1, 0.15) is 0 Å². The summed E-state index contributed by atoms with van der Waals surface area (Å²) in [7, 11) is 0. The number of halogens is 1. The summed E-state index contributed by atoms with van der Waals surface area (Å²) in [6.45, 7) is 6.81. The normalized spacial score (nSPS) is 10.5. The fraction of sp³-hybridized carbons (Fsp3) is 0.400. The third-order valence-electron chi connectivity index (χ3n) is 3.93. The molecule has 25 heavy (non-hydrogen) atoms. The van der Waals surface area contributed by atoms with Crippen molar-refractivity contribution in [1.29, 1.82) is 0 Å². The molecule has 0 bridgehead atoms. The lowest BCUT2D eigenvalue weighted by molar-refractivity contribution is 0.0954. The van der Waals surface area contributed by atoms with E-state index >= 15 is 0 Å². The molecule has 1 aromatic carbocycles. The average molecular weight is 360 g/mol. The molecular weight excluding hydrogens is 334 g/mol. The Labute approximate surface area is 155 Å². The number of anilines is 1. The second-order valence-corrected chi connectivity index (χ2v) is 6.49. The van der Waals surface area contributed by atoms with Gasteiger partial charge in [-0.3, -0.25) is 9.78 Å². The number of nitrogens with zero attached hydrogens (tertiary/aromatic N) is 2. The first-order valence-corrected chi connectivity index (χ1v) is 9.24. The molecule has 2 rings (SSSR count). The van der Waals surface area contributed by atoms with Crippen molar-refractivity contribution < 1.29 is 4.79 Å². The van der Waals surface area contributed by atoms with Gasteiger partial charge >= 0.3 is 0 Å². The summed E-state index contributed by atoms with van der Waals surface area (Å²) >= 11 is 5.98. The Bertz CT molecular complexity index is 684. The average Bonchev–Trinajstić information content (AvgIpc) is 2.61. The molecule has 1 heterocycles. The molecule has 0 aliphatic heterocycles. The van der Waals surface area contributed by atoms with Gasteiger partial charge in [-0.1, -0.05) is 37.6 Å². The van der Waals surface area contributed by atoms with Crippen molar-refractivity contribution in [2.75, 3.05) is 24.5 Å². The van der Waals surface area contributed by atoms with Crippen LogP contribution in [0.4, 0.5) is 5.69 Å². The standard InChI is InChI=1S/C20H26ClN3O/c1-3-10-24(11-4-2)19-13-17(14-22-15-19)20(25)23-9-8-16-6-5-7-18(21)12-16/h5-7,12-15H,3-4,8-11H2,1-2H3,(H,23,25). The van der Waals surface area contributed by atoms with Crippen molar-refractivity contribution >= 4 is 23.2 Å². The van der Waals surface area contributed by atoms with Crippen LogP contribution in [-0.4, -0.2) is 30.5 Å². The van der Waals surface area contributed by atoms with Crippen molar-refractivity contribution in [1.82, 2.24) is 10.3 Å². The van der Waals surface area contributed by atoms with E-state index in [-0.39, 0.29) is 5.91 Å². The zero-order valence-corrected chi connectivity index (χ0v) is 15.7. The van der Waals surface area contributed by atoms with E-state index in [1.165, 1.54) is 0 Å². The van der Waals surface area contributed by atoms with Crippen molar-refractivity contribution in [3.63, 3.8) is 0 Å². The number of carbonyl (C=O) groups is 1. The minimum Gasteiger partial charge on any atom is -0.370 e. The Kier molecular flexibility index (Phi) is 7.74. The van der Waals surface area contributed by atoms with Crippen LogP contribution in [0.1, 0.15) is 42.6 Å². The third-order valence-corrected chi connectivity index (χ3v) is 4.16. The summed E-state index contributed by atoms with van der Waals surface area (Å²) in [5.74, 6) is -0.0932. The first-order valence-electron chi connectivity index (χ1n) is 8.86. The fourth-order valence-electron chi connectivity index (χ4n) is 2.75. The highest BCUT2D eigenvalue weighted by Crippen LogP contribution is 2.16. The smallest absolute Gasteiger partial charge is 0.252 e. The summed E-state index contributed by atoms with van der Waals surface area (Å²) in [5.41, 5.74) is 2.71. The van der Waals surface area contributed by atoms with Crippen molar-refractivity contribution in [3.8, 4) is 0 Å². The molecule has 0 fully saturated rings. The Morgan fingerprint density at radius 2 is 1.92 bits per heavy atom. The minimum atomic E-state index is -0.0932. The van der Waals surface area contributed by atoms with Crippen LogP contribution in [0.15, 0.2) is 42.7 Å². The molecule has 0 aliphatic rings. The molecule has 0 saturated carbocycles. The number of benzene rings is 1. The largest absolute Gasteiger partial charge is 0.370 e. The van der Waals surface area contributed by atoms with Gasteiger partial charge in [0.05, 0.1) is 17.4 Å². The predicted molar refractivity (Wildman–Crippen MR) is 105 cm³/mol. The second-order valence-electron chi connectivity index (χ2n) is 6.05. The molecule has 0 unspecified atom stereocenters. The van der Waals surface area contributed by atoms with Crippen molar-refractivity contribution in [3.05, 3.63) is 58.9 Å². The highest BCUT2D eigenvalue weighted by atomic mass is 35.5. The number of pyridine rings is 1. The molecule has 5 heteroatoms. The van der Waals surface area contributed by atoms with Gasteiger partial charge in [0.15, 0.2) is 0 Å². The Morgan fingerprint density at radius 3 is 2.60 bits per heavy atom. The van der Waals surface area contributed by atoms with Crippen molar-refractivity contribution in [2.24, 2.45) is 0 Å². The SMILES string of the molecule is CCCN(CCC)c1cncc(C(=O)NCCc2cccc(Cl)c2)c1. The molecule has 1 amide bonds. The number of amides is 1. The summed E-state index contributed by atoms with van der Waals surface area (Å²) in [4.78, 5) is 18.9. The van der Waals surface area contributed by atoms with Crippen LogP contribution in [-0.2, 0) is 6.42 Å². The highest BCUT2D eigenvalue weighted by Gasteiger charge is 2.10. The lowest BCUT2D eigenvalue weighted by Crippen LogP contribution is -2.28. The van der Waals surface area contributed by atoms with Gasteiger partial charge in [0, 0.05) is 30.9 Å². The van der Waals surface area contributed by atoms with Crippen LogP contribution in [0, 0.1) is 0 Å². The molecule has 134 valence electrons. The summed E-state index contributed by atoms with van der Waals surface area (Å²) in [5, 5.41) is 3.67. The van der Waals surface area contributed by atoms with Crippen LogP contribution < -0.4 is 10.2 Å². The van der Waals surface area contributed by atoms with E-state index in [0.717, 1.165) is 43.6 Å². The number of rotatable bonds is 9. The van der Waals surface area contributed by atoms with E-state index in [1.807, 2.05) is 36.5 Å². The Hall–Kier alpha value is -2.07. The number of nitrogens with one attached hydrogen (secondary N) is 1. The molecule has 2 aromatic rings. The molecule has 1 aromatic heterocycles. The van der Waals surface area contributed by atoms with Crippen LogP contribution >= 0.6 is 11.6 Å². The molecule has 0 radical (unpaired) electrons. The molecule has 0 atom stereocenters. The number of aromatic nitrogens is 1. The first-order chi connectivity index (χ1) is 12.1. The lowest BCUT2D eigenvalue weighted by Gasteiger charge is -2.23. The van der Waals surface area contributed by atoms with Crippen LogP contribution in [0.3, 0.4) is 0 Å².